The van der Waals surface area contributed by atoms with Crippen molar-refractivity contribution in [1.82, 2.24) is 15.0 Å². The van der Waals surface area contributed by atoms with Gasteiger partial charge in [0.25, 0.3) is 0 Å². The first-order valence-electron chi connectivity index (χ1n) is 6.84. The molecule has 0 aliphatic heterocycles. The van der Waals surface area contributed by atoms with Crippen LogP contribution in [0.15, 0.2) is 41.1 Å². The summed E-state index contributed by atoms with van der Waals surface area (Å²) in [6.45, 7) is 2.29. The van der Waals surface area contributed by atoms with Crippen LogP contribution in [0.25, 0.3) is 10.9 Å². The average Bonchev–Trinajstić information content (AvgIpc) is 3.06. The van der Waals surface area contributed by atoms with Gasteiger partial charge in [-0.15, -0.1) is 0 Å². The van der Waals surface area contributed by atoms with Gasteiger partial charge in [-0.3, -0.25) is 4.79 Å². The van der Waals surface area contributed by atoms with E-state index in [9.17, 15) is 4.79 Å². The van der Waals surface area contributed by atoms with Crippen molar-refractivity contribution in [3.8, 4) is 0 Å². The molecule has 5 heteroatoms. The van der Waals surface area contributed by atoms with E-state index in [1.54, 1.807) is 11.9 Å². The number of amides is 1. The summed E-state index contributed by atoms with van der Waals surface area (Å²) in [5, 5.41) is 5.00. The molecular weight excluding hydrogens is 266 g/mol. The number of para-hydroxylation sites is 1. The summed E-state index contributed by atoms with van der Waals surface area (Å²) >= 11 is 0. The van der Waals surface area contributed by atoms with Crippen molar-refractivity contribution in [3.63, 3.8) is 0 Å². The highest BCUT2D eigenvalue weighted by atomic mass is 16.5. The molecule has 0 spiro atoms. The first-order valence-corrected chi connectivity index (χ1v) is 6.84. The Morgan fingerprint density at radius 3 is 2.95 bits per heavy atom. The highest BCUT2D eigenvalue weighted by Crippen LogP contribution is 2.18. The number of hydrogen-bond acceptors (Lipinski definition) is 3. The molecular formula is C16H17N3O2. The number of fused-ring (bicyclic) bond motifs is 1. The molecule has 21 heavy (non-hydrogen) atoms. The zero-order valence-corrected chi connectivity index (χ0v) is 12.1. The summed E-state index contributed by atoms with van der Waals surface area (Å²) in [5.41, 5.74) is 2.83. The quantitative estimate of drug-likeness (QED) is 0.800. The van der Waals surface area contributed by atoms with Crippen LogP contribution in [0.4, 0.5) is 0 Å². The van der Waals surface area contributed by atoms with Gasteiger partial charge in [-0.05, 0) is 18.6 Å². The maximum atomic E-state index is 12.3. The number of nitrogens with one attached hydrogen (secondary N) is 1. The van der Waals surface area contributed by atoms with Gasteiger partial charge in [-0.2, -0.15) is 0 Å². The lowest BCUT2D eigenvalue weighted by atomic mass is 10.1. The molecule has 2 aromatic heterocycles. The lowest BCUT2D eigenvalue weighted by Gasteiger charge is -2.15. The monoisotopic (exact) mass is 283 g/mol. The molecule has 0 fully saturated rings. The average molecular weight is 283 g/mol. The minimum absolute atomic E-state index is 0.0559. The number of aryl methyl sites for hydroxylation is 1. The third-order valence-electron chi connectivity index (χ3n) is 3.52. The minimum atomic E-state index is 0.0559. The molecule has 2 heterocycles. The first-order chi connectivity index (χ1) is 10.1. The number of benzene rings is 1. The molecule has 0 saturated heterocycles. The van der Waals surface area contributed by atoms with Crippen LogP contribution in [0.2, 0.25) is 0 Å². The standard InChI is InChI=1S/C16H17N3O2/c1-11-7-13(18-21-11)10-19(2)16(20)8-12-9-17-15-6-4-3-5-14(12)15/h3-7,9,17H,8,10H2,1-2H3. The Morgan fingerprint density at radius 2 is 2.19 bits per heavy atom. The molecule has 5 nitrogen and oxygen atoms in total. The highest BCUT2D eigenvalue weighted by molar-refractivity contribution is 5.88. The number of nitrogens with zero attached hydrogens (tertiary/aromatic N) is 2. The number of carbonyl (C=O) groups excluding carboxylic acids is 1. The normalized spacial score (nSPS) is 11.0. The van der Waals surface area contributed by atoms with E-state index in [1.165, 1.54) is 0 Å². The van der Waals surface area contributed by atoms with Crippen molar-refractivity contribution in [2.75, 3.05) is 7.05 Å². The third-order valence-corrected chi connectivity index (χ3v) is 3.52. The Labute approximate surface area is 122 Å². The van der Waals surface area contributed by atoms with Crippen LogP contribution in [0.3, 0.4) is 0 Å². The smallest absolute Gasteiger partial charge is 0.227 e. The fourth-order valence-corrected chi connectivity index (χ4v) is 2.40. The SMILES string of the molecule is Cc1cc(CN(C)C(=O)Cc2c[nH]c3ccccc23)no1. The molecule has 0 unspecified atom stereocenters. The maximum absolute atomic E-state index is 12.3. The largest absolute Gasteiger partial charge is 0.361 e. The lowest BCUT2D eigenvalue weighted by Crippen LogP contribution is -2.27. The van der Waals surface area contributed by atoms with E-state index in [0.29, 0.717) is 13.0 Å². The van der Waals surface area contributed by atoms with E-state index >= 15 is 0 Å². The molecule has 0 radical (unpaired) electrons. The van der Waals surface area contributed by atoms with Gasteiger partial charge in [0.05, 0.1) is 13.0 Å². The fourth-order valence-electron chi connectivity index (χ4n) is 2.40. The molecule has 0 aliphatic carbocycles. The Morgan fingerprint density at radius 1 is 1.38 bits per heavy atom. The molecule has 1 amide bonds. The zero-order valence-electron chi connectivity index (χ0n) is 12.1. The van der Waals surface area contributed by atoms with Crippen LogP contribution >= 0.6 is 0 Å². The maximum Gasteiger partial charge on any atom is 0.227 e. The Balaban J connectivity index is 1.70. The van der Waals surface area contributed by atoms with Crippen molar-refractivity contribution in [1.29, 1.82) is 0 Å². The van der Waals surface area contributed by atoms with Crippen LogP contribution in [0.1, 0.15) is 17.0 Å². The summed E-state index contributed by atoms with van der Waals surface area (Å²) in [6, 6.07) is 9.83. The molecule has 0 bridgehead atoms. The van der Waals surface area contributed by atoms with Crippen molar-refractivity contribution < 1.29 is 9.32 Å². The molecule has 0 aliphatic rings. The summed E-state index contributed by atoms with van der Waals surface area (Å²) < 4.78 is 5.02. The molecule has 3 rings (SSSR count). The van der Waals surface area contributed by atoms with Gasteiger partial charge in [0, 0.05) is 30.2 Å². The molecule has 3 aromatic rings. The molecule has 0 atom stereocenters. The Kier molecular flexibility index (Phi) is 3.48. The number of hydrogen-bond donors (Lipinski definition) is 1. The number of H-pyrrole nitrogens is 1. The first kappa shape index (κ1) is 13.4. The number of rotatable bonds is 4. The van der Waals surface area contributed by atoms with E-state index in [0.717, 1.165) is 27.9 Å². The van der Waals surface area contributed by atoms with Gasteiger partial charge in [0.15, 0.2) is 0 Å². The zero-order chi connectivity index (χ0) is 14.8. The van der Waals surface area contributed by atoms with Gasteiger partial charge in [-0.25, -0.2) is 0 Å². The Bertz CT molecular complexity index is 773. The van der Waals surface area contributed by atoms with E-state index in [2.05, 4.69) is 10.1 Å². The van der Waals surface area contributed by atoms with Gasteiger partial charge < -0.3 is 14.4 Å². The van der Waals surface area contributed by atoms with Crippen LogP contribution in [0.5, 0.6) is 0 Å². The predicted molar refractivity (Wildman–Crippen MR) is 79.7 cm³/mol. The van der Waals surface area contributed by atoms with E-state index in [4.69, 9.17) is 4.52 Å². The van der Waals surface area contributed by atoms with Gasteiger partial charge in [0.1, 0.15) is 11.5 Å². The number of carbonyl (C=O) groups is 1. The number of likely N-dealkylation sites (N-methyl/N-ethyl adjacent to an activating group) is 1. The molecule has 0 saturated carbocycles. The second kappa shape index (κ2) is 5.44. The predicted octanol–water partition coefficient (Wildman–Crippen LogP) is 2.67. The summed E-state index contributed by atoms with van der Waals surface area (Å²) in [5.74, 6) is 0.808. The minimum Gasteiger partial charge on any atom is -0.361 e. The van der Waals surface area contributed by atoms with E-state index in [-0.39, 0.29) is 5.91 Å². The van der Waals surface area contributed by atoms with E-state index < -0.39 is 0 Å². The Hall–Kier alpha value is -2.56. The summed E-state index contributed by atoms with van der Waals surface area (Å²) in [6.07, 6.45) is 2.27. The van der Waals surface area contributed by atoms with Crippen molar-refractivity contribution in [2.24, 2.45) is 0 Å². The van der Waals surface area contributed by atoms with Crippen LogP contribution in [-0.2, 0) is 17.8 Å². The van der Waals surface area contributed by atoms with Crippen molar-refractivity contribution in [3.05, 3.63) is 53.5 Å². The van der Waals surface area contributed by atoms with Crippen LogP contribution < -0.4 is 0 Å². The van der Waals surface area contributed by atoms with E-state index in [1.807, 2.05) is 43.5 Å². The summed E-state index contributed by atoms with van der Waals surface area (Å²) in [7, 11) is 1.78. The van der Waals surface area contributed by atoms with Crippen LogP contribution in [-0.4, -0.2) is 28.0 Å². The van der Waals surface area contributed by atoms with Gasteiger partial charge in [-0.1, -0.05) is 23.4 Å². The lowest BCUT2D eigenvalue weighted by molar-refractivity contribution is -0.129. The molecule has 108 valence electrons. The van der Waals surface area contributed by atoms with Gasteiger partial charge in [0.2, 0.25) is 5.91 Å². The molecule has 1 aromatic carbocycles. The molecule has 1 N–H and O–H groups in total. The van der Waals surface area contributed by atoms with Crippen LogP contribution in [0, 0.1) is 6.92 Å². The second-order valence-corrected chi connectivity index (χ2v) is 5.21. The number of aromatic nitrogens is 2. The summed E-state index contributed by atoms with van der Waals surface area (Å²) in [4.78, 5) is 17.2. The second-order valence-electron chi connectivity index (χ2n) is 5.21. The highest BCUT2D eigenvalue weighted by Gasteiger charge is 2.14. The third kappa shape index (κ3) is 2.81. The topological polar surface area (TPSA) is 62.1 Å². The van der Waals surface area contributed by atoms with Gasteiger partial charge >= 0.3 is 0 Å². The number of aromatic amines is 1. The van der Waals surface area contributed by atoms with Crippen molar-refractivity contribution in [2.45, 2.75) is 19.9 Å². The van der Waals surface area contributed by atoms with Crippen molar-refractivity contribution >= 4 is 16.8 Å². The fraction of sp³-hybridized carbons (Fsp3) is 0.250.